The molecule has 0 amide bonds. The average molecular weight is 188 g/mol. The van der Waals surface area contributed by atoms with Crippen molar-refractivity contribution in [1.82, 2.24) is 0 Å². The van der Waals surface area contributed by atoms with Crippen LogP contribution in [0.3, 0.4) is 0 Å². The predicted octanol–water partition coefficient (Wildman–Crippen LogP) is 3.35. The molecule has 0 rings (SSSR count). The first-order chi connectivity index (χ1) is 6.06. The summed E-state index contributed by atoms with van der Waals surface area (Å²) < 4.78 is 11.3. The number of unbranched alkanes of at least 4 members (excludes halogenated alkanes) is 1. The smallest absolute Gasteiger partial charge is 0.158 e. The molecule has 0 atom stereocenters. The van der Waals surface area contributed by atoms with Crippen LogP contribution in [-0.2, 0) is 9.47 Å². The molecule has 0 spiro atoms. The van der Waals surface area contributed by atoms with E-state index in [-0.39, 0.29) is 18.5 Å². The maximum absolute atomic E-state index is 5.64. The number of rotatable bonds is 7. The summed E-state index contributed by atoms with van der Waals surface area (Å²) in [4.78, 5) is 0. The Hall–Kier alpha value is -0.0800. The van der Waals surface area contributed by atoms with Crippen LogP contribution < -0.4 is 0 Å². The van der Waals surface area contributed by atoms with Crippen molar-refractivity contribution in [2.45, 2.75) is 72.4 Å². The summed E-state index contributed by atoms with van der Waals surface area (Å²) in [5.74, 6) is 0. The van der Waals surface area contributed by atoms with E-state index < -0.39 is 0 Å². The van der Waals surface area contributed by atoms with Gasteiger partial charge in [0.1, 0.15) is 0 Å². The molecule has 2 heteroatoms. The highest BCUT2D eigenvalue weighted by Gasteiger charge is 2.12. The quantitative estimate of drug-likeness (QED) is 0.570. The maximum Gasteiger partial charge on any atom is 0.158 e. The minimum atomic E-state index is -0.0139. The van der Waals surface area contributed by atoms with Gasteiger partial charge < -0.3 is 9.47 Å². The zero-order chi connectivity index (χ0) is 10.3. The Morgan fingerprint density at radius 2 is 1.38 bits per heavy atom. The molecule has 0 saturated carbocycles. The fourth-order valence-corrected chi connectivity index (χ4v) is 1.15. The lowest BCUT2D eigenvalue weighted by Crippen LogP contribution is -2.24. The number of hydrogen-bond donors (Lipinski definition) is 0. The van der Waals surface area contributed by atoms with E-state index >= 15 is 0 Å². The van der Waals surface area contributed by atoms with E-state index in [1.165, 1.54) is 12.8 Å². The highest BCUT2D eigenvalue weighted by Crippen LogP contribution is 2.11. The van der Waals surface area contributed by atoms with Gasteiger partial charge in [0.2, 0.25) is 0 Å². The molecule has 13 heavy (non-hydrogen) atoms. The normalized spacial score (nSPS) is 12.0. The Kier molecular flexibility index (Phi) is 7.29. The molecule has 0 bridgehead atoms. The molecule has 0 aromatic heterocycles. The Bertz CT molecular complexity index is 101. The van der Waals surface area contributed by atoms with Gasteiger partial charge in [-0.25, -0.2) is 0 Å². The van der Waals surface area contributed by atoms with Crippen LogP contribution in [0.15, 0.2) is 0 Å². The molecule has 0 saturated heterocycles. The van der Waals surface area contributed by atoms with Gasteiger partial charge in [0.05, 0.1) is 12.2 Å². The average Bonchev–Trinajstić information content (AvgIpc) is 1.98. The molecule has 0 aliphatic rings. The van der Waals surface area contributed by atoms with Crippen LogP contribution in [0.25, 0.3) is 0 Å². The summed E-state index contributed by atoms with van der Waals surface area (Å²) in [6.45, 7) is 10.4. The van der Waals surface area contributed by atoms with E-state index in [2.05, 4.69) is 6.92 Å². The van der Waals surface area contributed by atoms with Crippen molar-refractivity contribution in [3.63, 3.8) is 0 Å². The highest BCUT2D eigenvalue weighted by atomic mass is 16.7. The first-order valence-corrected chi connectivity index (χ1v) is 5.37. The van der Waals surface area contributed by atoms with E-state index in [0.29, 0.717) is 0 Å². The van der Waals surface area contributed by atoms with E-state index in [1.807, 2.05) is 27.7 Å². The van der Waals surface area contributed by atoms with Crippen LogP contribution in [-0.4, -0.2) is 18.5 Å². The summed E-state index contributed by atoms with van der Waals surface area (Å²) in [5, 5.41) is 0. The molecular formula is C11H24O2. The SMILES string of the molecule is CCCCC(OC(C)C)OC(C)C. The standard InChI is InChI=1S/C11H24O2/c1-6-7-8-11(12-9(2)3)13-10(4)5/h9-11H,6-8H2,1-5H3. The summed E-state index contributed by atoms with van der Waals surface area (Å²) in [5.41, 5.74) is 0. The first-order valence-electron chi connectivity index (χ1n) is 5.37. The van der Waals surface area contributed by atoms with Crippen molar-refractivity contribution in [3.05, 3.63) is 0 Å². The second-order valence-corrected chi connectivity index (χ2v) is 3.94. The van der Waals surface area contributed by atoms with Crippen molar-refractivity contribution in [1.29, 1.82) is 0 Å². The van der Waals surface area contributed by atoms with Gasteiger partial charge in [0.15, 0.2) is 6.29 Å². The molecule has 80 valence electrons. The van der Waals surface area contributed by atoms with Crippen LogP contribution in [0.4, 0.5) is 0 Å². The highest BCUT2D eigenvalue weighted by molar-refractivity contribution is 4.50. The number of hydrogen-bond acceptors (Lipinski definition) is 2. The molecule has 0 radical (unpaired) electrons. The van der Waals surface area contributed by atoms with Crippen LogP contribution in [0.1, 0.15) is 53.9 Å². The van der Waals surface area contributed by atoms with Gasteiger partial charge in [-0.05, 0) is 40.5 Å². The summed E-state index contributed by atoms with van der Waals surface area (Å²) in [6.07, 6.45) is 3.86. The lowest BCUT2D eigenvalue weighted by atomic mass is 10.2. The summed E-state index contributed by atoms with van der Waals surface area (Å²) in [6, 6.07) is 0. The molecule has 2 nitrogen and oxygen atoms in total. The van der Waals surface area contributed by atoms with E-state index in [1.54, 1.807) is 0 Å². The molecule has 0 aliphatic heterocycles. The molecular weight excluding hydrogens is 164 g/mol. The summed E-state index contributed by atoms with van der Waals surface area (Å²) >= 11 is 0. The second kappa shape index (κ2) is 7.34. The van der Waals surface area contributed by atoms with Crippen LogP contribution in [0.2, 0.25) is 0 Å². The minimum absolute atomic E-state index is 0.0139. The largest absolute Gasteiger partial charge is 0.350 e. The Morgan fingerprint density at radius 3 is 1.69 bits per heavy atom. The van der Waals surface area contributed by atoms with Crippen LogP contribution in [0, 0.1) is 0 Å². The van der Waals surface area contributed by atoms with Crippen LogP contribution in [0.5, 0.6) is 0 Å². The van der Waals surface area contributed by atoms with Gasteiger partial charge in [-0.1, -0.05) is 13.3 Å². The molecule has 0 aromatic carbocycles. The third-order valence-corrected chi connectivity index (χ3v) is 1.64. The fraction of sp³-hybridized carbons (Fsp3) is 1.00. The van der Waals surface area contributed by atoms with E-state index in [0.717, 1.165) is 6.42 Å². The first kappa shape index (κ1) is 12.9. The zero-order valence-electron chi connectivity index (χ0n) is 9.67. The number of ether oxygens (including phenoxy) is 2. The van der Waals surface area contributed by atoms with Crippen molar-refractivity contribution in [3.8, 4) is 0 Å². The van der Waals surface area contributed by atoms with Gasteiger partial charge in [-0.15, -0.1) is 0 Å². The molecule has 0 unspecified atom stereocenters. The Morgan fingerprint density at radius 1 is 0.923 bits per heavy atom. The van der Waals surface area contributed by atoms with Crippen molar-refractivity contribution in [2.24, 2.45) is 0 Å². The van der Waals surface area contributed by atoms with Crippen LogP contribution >= 0.6 is 0 Å². The lowest BCUT2D eigenvalue weighted by molar-refractivity contribution is -0.184. The lowest BCUT2D eigenvalue weighted by Gasteiger charge is -2.22. The van der Waals surface area contributed by atoms with Gasteiger partial charge in [-0.2, -0.15) is 0 Å². The van der Waals surface area contributed by atoms with Crippen molar-refractivity contribution >= 4 is 0 Å². The monoisotopic (exact) mass is 188 g/mol. The Labute approximate surface area is 82.6 Å². The van der Waals surface area contributed by atoms with E-state index in [4.69, 9.17) is 9.47 Å². The maximum atomic E-state index is 5.64. The molecule has 0 fully saturated rings. The topological polar surface area (TPSA) is 18.5 Å². The third-order valence-electron chi connectivity index (χ3n) is 1.64. The second-order valence-electron chi connectivity index (χ2n) is 3.94. The zero-order valence-corrected chi connectivity index (χ0v) is 9.67. The Balaban J connectivity index is 3.73. The van der Waals surface area contributed by atoms with Gasteiger partial charge in [0.25, 0.3) is 0 Å². The van der Waals surface area contributed by atoms with Gasteiger partial charge >= 0.3 is 0 Å². The molecule has 0 heterocycles. The predicted molar refractivity (Wildman–Crippen MR) is 55.8 cm³/mol. The summed E-state index contributed by atoms with van der Waals surface area (Å²) in [7, 11) is 0. The van der Waals surface area contributed by atoms with Gasteiger partial charge in [-0.3, -0.25) is 0 Å². The van der Waals surface area contributed by atoms with Crippen molar-refractivity contribution < 1.29 is 9.47 Å². The van der Waals surface area contributed by atoms with Crippen molar-refractivity contribution in [2.75, 3.05) is 0 Å². The fourth-order valence-electron chi connectivity index (χ4n) is 1.15. The molecule has 0 N–H and O–H groups in total. The van der Waals surface area contributed by atoms with E-state index in [9.17, 15) is 0 Å². The molecule has 0 aliphatic carbocycles. The molecule has 0 aromatic rings. The minimum Gasteiger partial charge on any atom is -0.350 e. The third kappa shape index (κ3) is 8.26. The van der Waals surface area contributed by atoms with Gasteiger partial charge in [0, 0.05) is 0 Å².